The Kier molecular flexibility index (Phi) is 15.0. The standard InChI is InChI=1S/C9H16O4.C2H6O/c10-8(11)6-4-2-1-3-5-7-9(12)13;1-2-3/h1-7H2,(H,10,11)(H,12,13);3H,2H2,1H3. The molecule has 0 aliphatic rings. The first-order valence-corrected chi connectivity index (χ1v) is 5.59. The van der Waals surface area contributed by atoms with Crippen molar-refractivity contribution in [2.24, 2.45) is 0 Å². The number of carboxylic acids is 2. The molecule has 0 atom stereocenters. The molecule has 5 nitrogen and oxygen atoms in total. The van der Waals surface area contributed by atoms with Gasteiger partial charge >= 0.3 is 11.9 Å². The summed E-state index contributed by atoms with van der Waals surface area (Å²) in [4.78, 5) is 20.2. The van der Waals surface area contributed by atoms with Crippen molar-refractivity contribution in [2.45, 2.75) is 51.9 Å². The maximum Gasteiger partial charge on any atom is 0.303 e. The van der Waals surface area contributed by atoms with Gasteiger partial charge in [-0.05, 0) is 19.8 Å². The number of aliphatic hydroxyl groups is 1. The molecule has 3 N–H and O–H groups in total. The van der Waals surface area contributed by atoms with E-state index in [1.54, 1.807) is 6.92 Å². The molecule has 0 fully saturated rings. The van der Waals surface area contributed by atoms with Crippen molar-refractivity contribution in [1.29, 1.82) is 0 Å². The number of rotatable bonds is 8. The van der Waals surface area contributed by atoms with Crippen molar-refractivity contribution in [3.05, 3.63) is 0 Å². The van der Waals surface area contributed by atoms with Gasteiger partial charge in [-0.2, -0.15) is 0 Å². The molecule has 0 radical (unpaired) electrons. The molecule has 0 heterocycles. The fraction of sp³-hybridized carbons (Fsp3) is 0.818. The first-order valence-electron chi connectivity index (χ1n) is 5.59. The topological polar surface area (TPSA) is 94.8 Å². The minimum Gasteiger partial charge on any atom is -0.481 e. The zero-order valence-electron chi connectivity index (χ0n) is 9.81. The van der Waals surface area contributed by atoms with Gasteiger partial charge in [-0.15, -0.1) is 0 Å². The fourth-order valence-electron chi connectivity index (χ4n) is 1.08. The van der Waals surface area contributed by atoms with Crippen molar-refractivity contribution < 1.29 is 24.9 Å². The SMILES string of the molecule is CCO.O=C(O)CCCCCCCC(=O)O. The lowest BCUT2D eigenvalue weighted by molar-refractivity contribution is -0.138. The molecular formula is C11H22O5. The van der Waals surface area contributed by atoms with Crippen LogP contribution >= 0.6 is 0 Å². The molecule has 0 aromatic heterocycles. The zero-order chi connectivity index (χ0) is 12.8. The van der Waals surface area contributed by atoms with Gasteiger partial charge in [0.1, 0.15) is 0 Å². The van der Waals surface area contributed by atoms with Crippen LogP contribution in [0.1, 0.15) is 51.9 Å². The summed E-state index contributed by atoms with van der Waals surface area (Å²) >= 11 is 0. The summed E-state index contributed by atoms with van der Waals surface area (Å²) in [5.41, 5.74) is 0. The zero-order valence-corrected chi connectivity index (χ0v) is 9.81. The van der Waals surface area contributed by atoms with E-state index < -0.39 is 11.9 Å². The molecule has 0 rings (SSSR count). The highest BCUT2D eigenvalue weighted by Crippen LogP contribution is 2.06. The van der Waals surface area contributed by atoms with Crippen LogP contribution in [0.5, 0.6) is 0 Å². The third-order valence-corrected chi connectivity index (χ3v) is 1.78. The van der Waals surface area contributed by atoms with Crippen molar-refractivity contribution in [2.75, 3.05) is 6.61 Å². The lowest BCUT2D eigenvalue weighted by atomic mass is 10.1. The molecule has 16 heavy (non-hydrogen) atoms. The first kappa shape index (κ1) is 17.3. The van der Waals surface area contributed by atoms with E-state index in [4.69, 9.17) is 15.3 Å². The van der Waals surface area contributed by atoms with Crippen molar-refractivity contribution in [1.82, 2.24) is 0 Å². The predicted octanol–water partition coefficient (Wildman–Crippen LogP) is 1.88. The smallest absolute Gasteiger partial charge is 0.303 e. The number of aliphatic carboxylic acids is 2. The minimum absolute atomic E-state index is 0.221. The Morgan fingerprint density at radius 2 is 1.06 bits per heavy atom. The summed E-state index contributed by atoms with van der Waals surface area (Å²) in [5.74, 6) is -1.52. The second-order valence-corrected chi connectivity index (χ2v) is 3.37. The Balaban J connectivity index is 0. The van der Waals surface area contributed by atoms with Gasteiger partial charge in [-0.3, -0.25) is 9.59 Å². The maximum absolute atomic E-state index is 10.1. The summed E-state index contributed by atoms with van der Waals surface area (Å²) in [6.45, 7) is 1.93. The fourth-order valence-corrected chi connectivity index (χ4v) is 1.08. The normalized spacial score (nSPS) is 9.12. The third-order valence-electron chi connectivity index (χ3n) is 1.78. The van der Waals surface area contributed by atoms with E-state index in [9.17, 15) is 9.59 Å². The predicted molar refractivity (Wildman–Crippen MR) is 60.4 cm³/mol. The summed E-state index contributed by atoms with van der Waals surface area (Å²) in [6, 6.07) is 0. The molecule has 0 unspecified atom stereocenters. The molecule has 0 aliphatic carbocycles. The van der Waals surface area contributed by atoms with Crippen LogP contribution in [0.3, 0.4) is 0 Å². The lowest BCUT2D eigenvalue weighted by Gasteiger charge is -1.97. The molecule has 0 saturated heterocycles. The molecule has 0 aromatic rings. The summed E-state index contributed by atoms with van der Waals surface area (Å²) in [6.07, 6.45) is 4.53. The van der Waals surface area contributed by atoms with Crippen molar-refractivity contribution in [3.8, 4) is 0 Å². The van der Waals surface area contributed by atoms with Crippen LogP contribution in [0.25, 0.3) is 0 Å². The molecule has 0 saturated carbocycles. The van der Waals surface area contributed by atoms with Gasteiger partial charge < -0.3 is 15.3 Å². The molecule has 0 amide bonds. The lowest BCUT2D eigenvalue weighted by Crippen LogP contribution is -1.95. The summed E-state index contributed by atoms with van der Waals surface area (Å²) in [5, 5.41) is 24.2. The molecule has 96 valence electrons. The number of hydrogen-bond acceptors (Lipinski definition) is 3. The molecule has 5 heteroatoms. The molecular weight excluding hydrogens is 212 g/mol. The number of carbonyl (C=O) groups is 2. The van der Waals surface area contributed by atoms with Crippen molar-refractivity contribution in [3.63, 3.8) is 0 Å². The Morgan fingerprint density at radius 1 is 0.812 bits per heavy atom. The van der Waals surface area contributed by atoms with E-state index in [0.29, 0.717) is 12.8 Å². The average Bonchev–Trinajstić information content (AvgIpc) is 2.16. The van der Waals surface area contributed by atoms with Crippen LogP contribution in [-0.4, -0.2) is 33.9 Å². The van der Waals surface area contributed by atoms with Gasteiger partial charge in [-0.1, -0.05) is 19.3 Å². The monoisotopic (exact) mass is 234 g/mol. The number of hydrogen-bond donors (Lipinski definition) is 3. The van der Waals surface area contributed by atoms with Gasteiger partial charge in [0.2, 0.25) is 0 Å². The molecule has 0 spiro atoms. The van der Waals surface area contributed by atoms with E-state index >= 15 is 0 Å². The van der Waals surface area contributed by atoms with Gasteiger partial charge in [0.15, 0.2) is 0 Å². The van der Waals surface area contributed by atoms with E-state index in [1.807, 2.05) is 0 Å². The van der Waals surface area contributed by atoms with Crippen LogP contribution < -0.4 is 0 Å². The van der Waals surface area contributed by atoms with Gasteiger partial charge in [-0.25, -0.2) is 0 Å². The highest BCUT2D eigenvalue weighted by Gasteiger charge is 1.98. The summed E-state index contributed by atoms with van der Waals surface area (Å²) < 4.78 is 0. The minimum atomic E-state index is -0.759. The van der Waals surface area contributed by atoms with Crippen LogP contribution in [0.2, 0.25) is 0 Å². The Hall–Kier alpha value is -1.10. The van der Waals surface area contributed by atoms with Crippen LogP contribution in [0.4, 0.5) is 0 Å². The highest BCUT2D eigenvalue weighted by atomic mass is 16.4. The quantitative estimate of drug-likeness (QED) is 0.557. The van der Waals surface area contributed by atoms with E-state index in [2.05, 4.69) is 0 Å². The second kappa shape index (κ2) is 13.9. The number of aliphatic hydroxyl groups excluding tert-OH is 1. The Labute approximate surface area is 96.1 Å². The Morgan fingerprint density at radius 3 is 1.31 bits per heavy atom. The average molecular weight is 234 g/mol. The molecule has 0 aliphatic heterocycles. The van der Waals surface area contributed by atoms with Gasteiger partial charge in [0.25, 0.3) is 0 Å². The first-order chi connectivity index (χ1) is 7.54. The van der Waals surface area contributed by atoms with E-state index in [-0.39, 0.29) is 19.4 Å². The summed E-state index contributed by atoms with van der Waals surface area (Å²) in [7, 11) is 0. The van der Waals surface area contributed by atoms with Crippen LogP contribution in [0.15, 0.2) is 0 Å². The van der Waals surface area contributed by atoms with Gasteiger partial charge in [0, 0.05) is 19.4 Å². The van der Waals surface area contributed by atoms with Crippen LogP contribution in [0, 0.1) is 0 Å². The van der Waals surface area contributed by atoms with Crippen LogP contribution in [-0.2, 0) is 9.59 Å². The van der Waals surface area contributed by atoms with E-state index in [0.717, 1.165) is 19.3 Å². The van der Waals surface area contributed by atoms with E-state index in [1.165, 1.54) is 0 Å². The number of unbranched alkanes of at least 4 members (excludes halogenated alkanes) is 4. The molecule has 0 bridgehead atoms. The largest absolute Gasteiger partial charge is 0.481 e. The third kappa shape index (κ3) is 23.1. The molecule has 0 aromatic carbocycles. The maximum atomic E-state index is 10.1. The number of carboxylic acid groups (broad SMARTS) is 2. The Bertz CT molecular complexity index is 161. The highest BCUT2D eigenvalue weighted by molar-refractivity contribution is 5.66. The van der Waals surface area contributed by atoms with Crippen molar-refractivity contribution >= 4 is 11.9 Å². The second-order valence-electron chi connectivity index (χ2n) is 3.37. The van der Waals surface area contributed by atoms with Gasteiger partial charge in [0.05, 0.1) is 0 Å².